The number of fused-ring (bicyclic) bond motifs is 2. The molecule has 1 aromatic heterocycles. The molecule has 132 valence electrons. The predicted molar refractivity (Wildman–Crippen MR) is 94.6 cm³/mol. The molecule has 2 heterocycles. The van der Waals surface area contributed by atoms with Crippen molar-refractivity contribution in [2.24, 2.45) is 0 Å². The molecule has 7 heteroatoms. The number of ether oxygens (including phenoxy) is 2. The zero-order chi connectivity index (χ0) is 17.9. The van der Waals surface area contributed by atoms with Crippen LogP contribution >= 0.6 is 0 Å². The monoisotopic (exact) mass is 351 g/mol. The van der Waals surface area contributed by atoms with Gasteiger partial charge in [-0.15, -0.1) is 0 Å². The lowest BCUT2D eigenvalue weighted by molar-refractivity contribution is -0.134. The fourth-order valence-electron chi connectivity index (χ4n) is 2.86. The number of hydrogen-bond acceptors (Lipinski definition) is 4. The Kier molecular flexibility index (Phi) is 4.18. The van der Waals surface area contributed by atoms with E-state index in [1.165, 1.54) is 0 Å². The number of carbonyl (C=O) groups is 2. The van der Waals surface area contributed by atoms with E-state index >= 15 is 0 Å². The van der Waals surface area contributed by atoms with Gasteiger partial charge in [-0.3, -0.25) is 20.4 Å². The molecule has 0 fully saturated rings. The van der Waals surface area contributed by atoms with E-state index in [-0.39, 0.29) is 18.9 Å². The number of benzene rings is 2. The first-order valence-electron chi connectivity index (χ1n) is 8.23. The number of nitrogens with one attached hydrogen (secondary N) is 3. The highest BCUT2D eigenvalue weighted by molar-refractivity contribution is 5.90. The molecular weight excluding hydrogens is 334 g/mol. The summed E-state index contributed by atoms with van der Waals surface area (Å²) in [4.78, 5) is 27.4. The molecule has 3 N–H and O–H groups in total. The molecule has 0 saturated heterocycles. The Morgan fingerprint density at radius 3 is 2.69 bits per heavy atom. The second kappa shape index (κ2) is 6.79. The van der Waals surface area contributed by atoms with Crippen LogP contribution in [0.2, 0.25) is 0 Å². The summed E-state index contributed by atoms with van der Waals surface area (Å²) in [5, 5.41) is 0.981. The van der Waals surface area contributed by atoms with Crippen LogP contribution in [-0.4, -0.2) is 29.5 Å². The predicted octanol–water partition coefficient (Wildman–Crippen LogP) is 1.70. The minimum atomic E-state index is -0.821. The van der Waals surface area contributed by atoms with Gasteiger partial charge in [0.25, 0.3) is 5.91 Å². The Balaban J connectivity index is 1.32. The van der Waals surface area contributed by atoms with E-state index in [1.54, 1.807) is 24.4 Å². The van der Waals surface area contributed by atoms with Crippen molar-refractivity contribution >= 4 is 22.7 Å². The molecule has 0 bridgehead atoms. The minimum absolute atomic E-state index is 0.0845. The third kappa shape index (κ3) is 3.19. The number of hydrazine groups is 1. The number of aromatic amines is 1. The summed E-state index contributed by atoms with van der Waals surface area (Å²) in [5.74, 6) is 0.316. The molecule has 1 aliphatic heterocycles. The van der Waals surface area contributed by atoms with Gasteiger partial charge >= 0.3 is 0 Å². The second-order valence-corrected chi connectivity index (χ2v) is 5.94. The van der Waals surface area contributed by atoms with Gasteiger partial charge in [-0.05, 0) is 23.8 Å². The third-order valence-corrected chi connectivity index (χ3v) is 4.15. The SMILES string of the molecule is O=C(Cc1c[nH]c2ccccc12)NNC(=O)[C@@H]1COc2ccccc2O1. The van der Waals surface area contributed by atoms with Crippen molar-refractivity contribution in [3.05, 3.63) is 60.3 Å². The van der Waals surface area contributed by atoms with Crippen LogP contribution in [0.3, 0.4) is 0 Å². The third-order valence-electron chi connectivity index (χ3n) is 4.15. The summed E-state index contributed by atoms with van der Waals surface area (Å²) in [6, 6.07) is 14.8. The van der Waals surface area contributed by atoms with Crippen LogP contribution in [0.1, 0.15) is 5.56 Å². The van der Waals surface area contributed by atoms with Crippen molar-refractivity contribution < 1.29 is 19.1 Å². The topological polar surface area (TPSA) is 92.5 Å². The largest absolute Gasteiger partial charge is 0.485 e. The minimum Gasteiger partial charge on any atom is -0.485 e. The molecule has 26 heavy (non-hydrogen) atoms. The van der Waals surface area contributed by atoms with Crippen LogP contribution in [0.4, 0.5) is 0 Å². The zero-order valence-corrected chi connectivity index (χ0v) is 13.8. The average molecular weight is 351 g/mol. The van der Waals surface area contributed by atoms with Gasteiger partial charge in [-0.25, -0.2) is 0 Å². The molecule has 0 unspecified atom stereocenters. The van der Waals surface area contributed by atoms with Gasteiger partial charge in [-0.2, -0.15) is 0 Å². The van der Waals surface area contributed by atoms with Gasteiger partial charge in [0.05, 0.1) is 6.42 Å². The Hall–Kier alpha value is -3.48. The fraction of sp³-hybridized carbons (Fsp3) is 0.158. The van der Waals surface area contributed by atoms with E-state index in [9.17, 15) is 9.59 Å². The van der Waals surface area contributed by atoms with Gasteiger partial charge in [0.1, 0.15) is 6.61 Å². The van der Waals surface area contributed by atoms with Crippen LogP contribution in [0, 0.1) is 0 Å². The molecule has 7 nitrogen and oxygen atoms in total. The maximum Gasteiger partial charge on any atom is 0.283 e. The lowest BCUT2D eigenvalue weighted by atomic mass is 10.1. The van der Waals surface area contributed by atoms with Crippen molar-refractivity contribution in [1.82, 2.24) is 15.8 Å². The van der Waals surface area contributed by atoms with Crippen molar-refractivity contribution in [2.75, 3.05) is 6.61 Å². The first-order valence-corrected chi connectivity index (χ1v) is 8.23. The number of aromatic nitrogens is 1. The van der Waals surface area contributed by atoms with Crippen LogP contribution in [0.5, 0.6) is 11.5 Å². The highest BCUT2D eigenvalue weighted by Crippen LogP contribution is 2.30. The van der Waals surface area contributed by atoms with E-state index in [0.29, 0.717) is 11.5 Å². The summed E-state index contributed by atoms with van der Waals surface area (Å²) in [6.45, 7) is 0.0845. The molecule has 2 amide bonds. The standard InChI is InChI=1S/C19H17N3O4/c23-18(9-12-10-20-14-6-2-1-5-13(12)14)21-22-19(24)17-11-25-15-7-3-4-8-16(15)26-17/h1-8,10,17,20H,9,11H2,(H,21,23)(H,22,24)/t17-/m0/s1. The van der Waals surface area contributed by atoms with E-state index < -0.39 is 12.0 Å². The molecule has 2 aromatic carbocycles. The van der Waals surface area contributed by atoms with Crippen LogP contribution in [0.15, 0.2) is 54.7 Å². The highest BCUT2D eigenvalue weighted by atomic mass is 16.6. The van der Waals surface area contributed by atoms with Gasteiger partial charge < -0.3 is 14.5 Å². The summed E-state index contributed by atoms with van der Waals surface area (Å²) in [6.07, 6.45) is 1.12. The van der Waals surface area contributed by atoms with E-state index in [4.69, 9.17) is 9.47 Å². The van der Waals surface area contributed by atoms with Crippen molar-refractivity contribution in [3.63, 3.8) is 0 Å². The van der Waals surface area contributed by atoms with Crippen LogP contribution in [0.25, 0.3) is 10.9 Å². The normalized spacial score (nSPS) is 15.5. The Labute approximate surface area is 149 Å². The Morgan fingerprint density at radius 2 is 1.81 bits per heavy atom. The number of hydrogen-bond donors (Lipinski definition) is 3. The smallest absolute Gasteiger partial charge is 0.283 e. The van der Waals surface area contributed by atoms with Crippen molar-refractivity contribution in [3.8, 4) is 11.5 Å². The highest BCUT2D eigenvalue weighted by Gasteiger charge is 2.27. The molecule has 3 aromatic rings. The summed E-state index contributed by atoms with van der Waals surface area (Å²) >= 11 is 0. The number of para-hydroxylation sites is 3. The number of H-pyrrole nitrogens is 1. The lowest BCUT2D eigenvalue weighted by Crippen LogP contribution is -2.51. The van der Waals surface area contributed by atoms with Crippen LogP contribution in [-0.2, 0) is 16.0 Å². The molecule has 4 rings (SSSR count). The molecule has 1 aliphatic rings. The van der Waals surface area contributed by atoms with Crippen LogP contribution < -0.4 is 20.3 Å². The van der Waals surface area contributed by atoms with E-state index in [0.717, 1.165) is 16.5 Å². The zero-order valence-electron chi connectivity index (χ0n) is 13.8. The summed E-state index contributed by atoms with van der Waals surface area (Å²) < 4.78 is 11.1. The summed E-state index contributed by atoms with van der Waals surface area (Å²) in [5.41, 5.74) is 6.63. The number of carbonyl (C=O) groups excluding carboxylic acids is 2. The van der Waals surface area contributed by atoms with E-state index in [1.807, 2.05) is 30.3 Å². The Bertz CT molecular complexity index is 966. The molecule has 1 atom stereocenters. The fourth-order valence-corrected chi connectivity index (χ4v) is 2.86. The van der Waals surface area contributed by atoms with Crippen molar-refractivity contribution in [2.45, 2.75) is 12.5 Å². The second-order valence-electron chi connectivity index (χ2n) is 5.94. The van der Waals surface area contributed by atoms with Gasteiger partial charge in [0.15, 0.2) is 11.5 Å². The van der Waals surface area contributed by atoms with Gasteiger partial charge in [0, 0.05) is 17.1 Å². The maximum atomic E-state index is 12.2. The maximum absolute atomic E-state index is 12.2. The quantitative estimate of drug-likeness (QED) is 0.626. The van der Waals surface area contributed by atoms with E-state index in [2.05, 4.69) is 15.8 Å². The lowest BCUT2D eigenvalue weighted by Gasteiger charge is -2.25. The average Bonchev–Trinajstić information content (AvgIpc) is 3.08. The molecule has 0 radical (unpaired) electrons. The molecular formula is C19H17N3O4. The first kappa shape index (κ1) is 16.0. The molecule has 0 saturated carbocycles. The number of rotatable bonds is 3. The van der Waals surface area contributed by atoms with Gasteiger partial charge in [0.2, 0.25) is 12.0 Å². The number of amides is 2. The Morgan fingerprint density at radius 1 is 1.04 bits per heavy atom. The molecule has 0 aliphatic carbocycles. The molecule has 0 spiro atoms. The van der Waals surface area contributed by atoms with Crippen molar-refractivity contribution in [1.29, 1.82) is 0 Å². The summed E-state index contributed by atoms with van der Waals surface area (Å²) in [7, 11) is 0. The van der Waals surface area contributed by atoms with Gasteiger partial charge in [-0.1, -0.05) is 30.3 Å². The first-order chi connectivity index (χ1) is 12.7.